The Morgan fingerprint density at radius 2 is 2.29 bits per heavy atom. The van der Waals surface area contributed by atoms with Crippen molar-refractivity contribution < 1.29 is 4.55 Å². The summed E-state index contributed by atoms with van der Waals surface area (Å²) in [6.07, 6.45) is 2.08. The number of rotatable bonds is 3. The Morgan fingerprint density at radius 1 is 1.71 bits per heavy atom. The van der Waals surface area contributed by atoms with Crippen molar-refractivity contribution in [1.29, 1.82) is 0 Å². The molecule has 0 aromatic rings. The molecule has 3 heteroatoms. The zero-order valence-corrected chi connectivity index (χ0v) is 5.98. The SMILES string of the molecule is CCCCS([O-])=S. The summed E-state index contributed by atoms with van der Waals surface area (Å²) in [5, 5.41) is 0. The first-order chi connectivity index (χ1) is 3.27. The maximum atomic E-state index is 10.1. The number of hydrogen-bond donors (Lipinski definition) is 0. The highest BCUT2D eigenvalue weighted by Gasteiger charge is 1.76. The second-order valence-electron chi connectivity index (χ2n) is 1.36. The fourth-order valence-corrected chi connectivity index (χ4v) is 1.14. The molecular weight excluding hydrogens is 128 g/mol. The van der Waals surface area contributed by atoms with E-state index < -0.39 is 9.74 Å². The zero-order chi connectivity index (χ0) is 5.70. The smallest absolute Gasteiger partial charge is 0.0156 e. The van der Waals surface area contributed by atoms with E-state index in [0.717, 1.165) is 12.8 Å². The highest BCUT2D eigenvalue weighted by atomic mass is 32.8. The lowest BCUT2D eigenvalue weighted by Gasteiger charge is -2.04. The van der Waals surface area contributed by atoms with E-state index in [1.54, 1.807) is 0 Å². The molecule has 0 aromatic carbocycles. The molecule has 0 amide bonds. The van der Waals surface area contributed by atoms with Gasteiger partial charge in [-0.15, -0.1) is 0 Å². The van der Waals surface area contributed by atoms with Crippen LogP contribution in [0.5, 0.6) is 0 Å². The van der Waals surface area contributed by atoms with Crippen LogP contribution in [0.15, 0.2) is 0 Å². The molecule has 0 aliphatic carbocycles. The quantitative estimate of drug-likeness (QED) is 0.579. The molecule has 0 saturated heterocycles. The van der Waals surface area contributed by atoms with Gasteiger partial charge in [-0.2, -0.15) is 0 Å². The molecule has 7 heavy (non-hydrogen) atoms. The molecule has 0 rings (SSSR count). The molecule has 0 bridgehead atoms. The van der Waals surface area contributed by atoms with Gasteiger partial charge in [-0.1, -0.05) is 24.5 Å². The first kappa shape index (κ1) is 7.53. The van der Waals surface area contributed by atoms with Crippen LogP contribution < -0.4 is 0 Å². The lowest BCUT2D eigenvalue weighted by atomic mass is 10.4. The van der Waals surface area contributed by atoms with Crippen molar-refractivity contribution in [2.45, 2.75) is 19.8 Å². The molecule has 44 valence electrons. The fourth-order valence-electron chi connectivity index (χ4n) is 0.262. The fraction of sp³-hybridized carbons (Fsp3) is 1.00. The van der Waals surface area contributed by atoms with E-state index in [1.165, 1.54) is 0 Å². The summed E-state index contributed by atoms with van der Waals surface area (Å²) in [7, 11) is -0.982. The molecular formula is C4H9OS2-. The Labute approximate surface area is 51.5 Å². The zero-order valence-electron chi connectivity index (χ0n) is 4.35. The Kier molecular flexibility index (Phi) is 5.04. The first-order valence-electron chi connectivity index (χ1n) is 2.33. The number of unbranched alkanes of at least 4 members (excludes halogenated alkanes) is 1. The van der Waals surface area contributed by atoms with E-state index in [9.17, 15) is 4.55 Å². The predicted molar refractivity (Wildman–Crippen MR) is 35.3 cm³/mol. The van der Waals surface area contributed by atoms with Crippen molar-refractivity contribution in [3.8, 4) is 0 Å². The topological polar surface area (TPSA) is 23.1 Å². The maximum Gasteiger partial charge on any atom is -0.0156 e. The van der Waals surface area contributed by atoms with Crippen LogP contribution in [-0.4, -0.2) is 10.3 Å². The van der Waals surface area contributed by atoms with Crippen LogP contribution in [0.2, 0.25) is 0 Å². The van der Waals surface area contributed by atoms with E-state index >= 15 is 0 Å². The maximum absolute atomic E-state index is 10.1. The van der Waals surface area contributed by atoms with Crippen LogP contribution in [0.4, 0.5) is 0 Å². The largest absolute Gasteiger partial charge is 0.794 e. The van der Waals surface area contributed by atoms with Crippen LogP contribution in [0.3, 0.4) is 0 Å². The van der Waals surface area contributed by atoms with Gasteiger partial charge in [0.15, 0.2) is 0 Å². The molecule has 0 N–H and O–H groups in total. The molecule has 1 unspecified atom stereocenters. The Bertz CT molecular complexity index is 62.7. The molecule has 0 aliphatic rings. The third kappa shape index (κ3) is 6.53. The summed E-state index contributed by atoms with van der Waals surface area (Å²) in [4.78, 5) is 0. The van der Waals surface area contributed by atoms with Crippen LogP contribution in [-0.2, 0) is 20.9 Å². The molecule has 0 aromatic heterocycles. The van der Waals surface area contributed by atoms with Gasteiger partial charge >= 0.3 is 0 Å². The molecule has 0 saturated carbocycles. The predicted octanol–water partition coefficient (Wildman–Crippen LogP) is 0.997. The van der Waals surface area contributed by atoms with Gasteiger partial charge in [-0.05, 0) is 12.2 Å². The molecule has 0 heterocycles. The normalized spacial score (nSPS) is 14.0. The molecule has 1 nitrogen and oxygen atoms in total. The minimum absolute atomic E-state index is 0.686. The average Bonchev–Trinajstić information content (AvgIpc) is 1.61. The van der Waals surface area contributed by atoms with Gasteiger partial charge in [0.25, 0.3) is 0 Å². The second kappa shape index (κ2) is 4.68. The summed E-state index contributed by atoms with van der Waals surface area (Å²) in [6.45, 7) is 2.06. The van der Waals surface area contributed by atoms with Crippen LogP contribution >= 0.6 is 0 Å². The minimum Gasteiger partial charge on any atom is -0.794 e. The van der Waals surface area contributed by atoms with Gasteiger partial charge in [-0.25, -0.2) is 9.74 Å². The highest BCUT2D eigenvalue weighted by Crippen LogP contribution is 1.87. The summed E-state index contributed by atoms with van der Waals surface area (Å²) >= 11 is 4.42. The summed E-state index contributed by atoms with van der Waals surface area (Å²) in [5.74, 6) is 0.686. The lowest BCUT2D eigenvalue weighted by molar-refractivity contribution is 0.608. The molecule has 0 spiro atoms. The van der Waals surface area contributed by atoms with Crippen molar-refractivity contribution in [1.82, 2.24) is 0 Å². The van der Waals surface area contributed by atoms with Crippen molar-refractivity contribution >= 4 is 20.9 Å². The molecule has 1 atom stereocenters. The van der Waals surface area contributed by atoms with Gasteiger partial charge in [0.05, 0.1) is 0 Å². The third-order valence-corrected chi connectivity index (χ3v) is 1.79. The van der Waals surface area contributed by atoms with E-state index in [1.807, 2.05) is 0 Å². The summed E-state index contributed by atoms with van der Waals surface area (Å²) in [6, 6.07) is 0. The van der Waals surface area contributed by atoms with Gasteiger partial charge in [0, 0.05) is 0 Å². The molecule has 0 radical (unpaired) electrons. The Balaban J connectivity index is 2.82. The van der Waals surface area contributed by atoms with E-state index in [-0.39, 0.29) is 0 Å². The van der Waals surface area contributed by atoms with Gasteiger partial charge < -0.3 is 4.55 Å². The van der Waals surface area contributed by atoms with Crippen LogP contribution in [0, 0.1) is 0 Å². The van der Waals surface area contributed by atoms with Crippen LogP contribution in [0.1, 0.15) is 19.8 Å². The van der Waals surface area contributed by atoms with E-state index in [0.29, 0.717) is 5.75 Å². The average molecular weight is 137 g/mol. The van der Waals surface area contributed by atoms with Crippen molar-refractivity contribution in [3.63, 3.8) is 0 Å². The monoisotopic (exact) mass is 137 g/mol. The second-order valence-corrected chi connectivity index (χ2v) is 3.49. The van der Waals surface area contributed by atoms with E-state index in [4.69, 9.17) is 0 Å². The Morgan fingerprint density at radius 3 is 2.43 bits per heavy atom. The van der Waals surface area contributed by atoms with E-state index in [2.05, 4.69) is 18.1 Å². The van der Waals surface area contributed by atoms with Gasteiger partial charge in [0.1, 0.15) is 0 Å². The van der Waals surface area contributed by atoms with Gasteiger partial charge in [-0.3, -0.25) is 0 Å². The highest BCUT2D eigenvalue weighted by molar-refractivity contribution is 8.25. The summed E-state index contributed by atoms with van der Waals surface area (Å²) in [5.41, 5.74) is 0. The summed E-state index contributed by atoms with van der Waals surface area (Å²) < 4.78 is 10.1. The third-order valence-electron chi connectivity index (χ3n) is 0.665. The van der Waals surface area contributed by atoms with Crippen molar-refractivity contribution in [3.05, 3.63) is 0 Å². The molecule has 0 aliphatic heterocycles. The van der Waals surface area contributed by atoms with Crippen molar-refractivity contribution in [2.24, 2.45) is 0 Å². The number of hydrogen-bond acceptors (Lipinski definition) is 2. The first-order valence-corrected chi connectivity index (χ1v) is 4.57. The minimum atomic E-state index is -0.982. The Hall–Kier alpha value is 0.530. The van der Waals surface area contributed by atoms with Gasteiger partial charge in [0.2, 0.25) is 0 Å². The lowest BCUT2D eigenvalue weighted by Crippen LogP contribution is -1.91. The standard InChI is InChI=1S/C4H10OS2/c1-2-3-4-7(5)6/h2-4H2,1H3,(H,5,6)/p-1. The van der Waals surface area contributed by atoms with Crippen molar-refractivity contribution in [2.75, 3.05) is 5.75 Å². The molecule has 0 fully saturated rings. The van der Waals surface area contributed by atoms with Crippen LogP contribution in [0.25, 0.3) is 0 Å².